The first-order valence-electron chi connectivity index (χ1n) is 13.4. The monoisotopic (exact) mass is 726 g/mol. The highest BCUT2D eigenvalue weighted by atomic mass is 127. The highest BCUT2D eigenvalue weighted by molar-refractivity contribution is 14.1. The number of rotatable bonds is 13. The summed E-state index contributed by atoms with van der Waals surface area (Å²) < 4.78 is 13.6. The molecule has 1 aromatic rings. The highest BCUT2D eigenvalue weighted by Gasteiger charge is 2.44. The highest BCUT2D eigenvalue weighted by Crippen LogP contribution is 2.47. The van der Waals surface area contributed by atoms with Crippen molar-refractivity contribution in [3.8, 4) is 5.75 Å². The number of hydrogen-bond acceptors (Lipinski definition) is 5. The summed E-state index contributed by atoms with van der Waals surface area (Å²) in [4.78, 5) is 26.7. The number of ether oxygens (including phenoxy) is 2. The molecular weight excluding hydrogens is 682 g/mol. The minimum atomic E-state index is -0.782. The van der Waals surface area contributed by atoms with Crippen LogP contribution in [0.15, 0.2) is 12.1 Å². The zero-order chi connectivity index (χ0) is 27.1. The summed E-state index contributed by atoms with van der Waals surface area (Å²) in [5.74, 6) is -0.399. The Morgan fingerprint density at radius 2 is 1.69 bits per heavy atom. The Bertz CT molecular complexity index is 907. The van der Waals surface area contributed by atoms with Gasteiger partial charge in [0, 0.05) is 3.57 Å². The van der Waals surface area contributed by atoms with Crippen LogP contribution in [0.4, 0.5) is 0 Å². The summed E-state index contributed by atoms with van der Waals surface area (Å²) in [5, 5.41) is 11.1. The molecule has 0 spiro atoms. The van der Waals surface area contributed by atoms with Crippen LogP contribution < -0.4 is 0 Å². The van der Waals surface area contributed by atoms with Gasteiger partial charge in [-0.2, -0.15) is 0 Å². The Morgan fingerprint density at radius 1 is 1.06 bits per heavy atom. The van der Waals surface area contributed by atoms with E-state index in [0.717, 1.165) is 57.6 Å². The first kappa shape index (κ1) is 31.6. The van der Waals surface area contributed by atoms with Crippen LogP contribution in [0.25, 0.3) is 0 Å². The molecule has 36 heavy (non-hydrogen) atoms. The second kappa shape index (κ2) is 13.5. The van der Waals surface area contributed by atoms with Gasteiger partial charge in [-0.15, -0.1) is 0 Å². The van der Waals surface area contributed by atoms with Crippen LogP contribution in [0.3, 0.4) is 0 Å². The van der Waals surface area contributed by atoms with Crippen molar-refractivity contribution in [2.75, 3.05) is 6.61 Å². The molecule has 0 bridgehead atoms. The fourth-order valence-corrected chi connectivity index (χ4v) is 7.06. The SMILES string of the molecule is CCCCOC(=O)C(C)(CC)CC(CC(C)(C)C(=O)OC1(CC)CCCC1)c1cc(I)cc(I)c1O. The maximum atomic E-state index is 13.5. The van der Waals surface area contributed by atoms with E-state index < -0.39 is 10.8 Å². The van der Waals surface area contributed by atoms with E-state index in [2.05, 4.69) is 59.0 Å². The summed E-state index contributed by atoms with van der Waals surface area (Å²) in [6.45, 7) is 12.4. The van der Waals surface area contributed by atoms with Gasteiger partial charge in [-0.25, -0.2) is 0 Å². The van der Waals surface area contributed by atoms with E-state index in [-0.39, 0.29) is 29.2 Å². The zero-order valence-corrected chi connectivity index (χ0v) is 27.2. The summed E-state index contributed by atoms with van der Waals surface area (Å²) >= 11 is 4.40. The minimum Gasteiger partial charge on any atom is -0.507 e. The number of phenols is 1. The molecule has 204 valence electrons. The van der Waals surface area contributed by atoms with Crippen LogP contribution in [-0.2, 0) is 19.1 Å². The summed E-state index contributed by atoms with van der Waals surface area (Å²) in [5.41, 5.74) is -1.09. The van der Waals surface area contributed by atoms with Crippen molar-refractivity contribution in [1.29, 1.82) is 0 Å². The number of hydrogen-bond donors (Lipinski definition) is 1. The minimum absolute atomic E-state index is 0.195. The van der Waals surface area contributed by atoms with Crippen LogP contribution in [0.1, 0.15) is 117 Å². The molecule has 0 heterocycles. The molecule has 2 atom stereocenters. The van der Waals surface area contributed by atoms with E-state index in [0.29, 0.717) is 25.9 Å². The van der Waals surface area contributed by atoms with Gasteiger partial charge < -0.3 is 14.6 Å². The molecule has 1 saturated carbocycles. The van der Waals surface area contributed by atoms with E-state index in [4.69, 9.17) is 9.47 Å². The molecule has 0 aliphatic heterocycles. The molecule has 0 saturated heterocycles. The molecular formula is C29H44I2O5. The van der Waals surface area contributed by atoms with Gasteiger partial charge in [-0.3, -0.25) is 9.59 Å². The van der Waals surface area contributed by atoms with Crippen LogP contribution in [-0.4, -0.2) is 29.3 Å². The lowest BCUT2D eigenvalue weighted by Crippen LogP contribution is -2.39. The lowest BCUT2D eigenvalue weighted by molar-refractivity contribution is -0.171. The number of unbranched alkanes of at least 4 members (excludes halogenated alkanes) is 1. The standard InChI is InChI=1S/C29H44I2O5/c1-7-10-15-35-26(34)28(6,8-2)19-20(22-16-21(30)17-23(31)24(22)32)18-27(4,5)25(33)36-29(9-3)13-11-12-14-29/h16-17,20,32H,7-15,18-19H2,1-6H3. The third-order valence-corrected chi connectivity index (χ3v) is 9.42. The second-order valence-corrected chi connectivity index (χ2v) is 13.8. The van der Waals surface area contributed by atoms with Gasteiger partial charge in [0.2, 0.25) is 0 Å². The van der Waals surface area contributed by atoms with Gasteiger partial charge >= 0.3 is 11.9 Å². The van der Waals surface area contributed by atoms with Crippen molar-refractivity contribution in [2.45, 2.75) is 117 Å². The lowest BCUT2D eigenvalue weighted by atomic mass is 9.70. The van der Waals surface area contributed by atoms with Gasteiger partial charge in [0.25, 0.3) is 0 Å². The fraction of sp³-hybridized carbons (Fsp3) is 0.724. The number of phenolic OH excluding ortho intramolecular Hbond substituents is 1. The molecule has 5 nitrogen and oxygen atoms in total. The lowest BCUT2D eigenvalue weighted by Gasteiger charge is -2.37. The van der Waals surface area contributed by atoms with E-state index >= 15 is 0 Å². The van der Waals surface area contributed by atoms with Crippen LogP contribution in [0.5, 0.6) is 5.75 Å². The van der Waals surface area contributed by atoms with Crippen molar-refractivity contribution in [2.24, 2.45) is 10.8 Å². The maximum Gasteiger partial charge on any atom is 0.312 e. The molecule has 1 aliphatic carbocycles. The van der Waals surface area contributed by atoms with Gasteiger partial charge in [0.05, 0.1) is 21.0 Å². The molecule has 0 amide bonds. The van der Waals surface area contributed by atoms with E-state index in [9.17, 15) is 14.7 Å². The first-order chi connectivity index (χ1) is 16.8. The summed E-state index contributed by atoms with van der Waals surface area (Å²) in [7, 11) is 0. The van der Waals surface area contributed by atoms with E-state index in [1.54, 1.807) is 0 Å². The Kier molecular flexibility index (Phi) is 11.8. The zero-order valence-electron chi connectivity index (χ0n) is 22.8. The van der Waals surface area contributed by atoms with Crippen LogP contribution in [0.2, 0.25) is 0 Å². The van der Waals surface area contributed by atoms with E-state index in [1.165, 1.54) is 0 Å². The smallest absolute Gasteiger partial charge is 0.312 e. The number of esters is 2. The first-order valence-corrected chi connectivity index (χ1v) is 15.6. The third-order valence-electron chi connectivity index (χ3n) is 7.98. The van der Waals surface area contributed by atoms with Crippen molar-refractivity contribution in [3.05, 3.63) is 24.8 Å². The number of halogens is 2. The molecule has 1 aliphatic rings. The normalized spacial score (nSPS) is 17.9. The Balaban J connectivity index is 2.40. The second-order valence-electron chi connectivity index (χ2n) is 11.4. The number of aromatic hydroxyl groups is 1. The van der Waals surface area contributed by atoms with Gasteiger partial charge in [-0.1, -0.05) is 27.2 Å². The molecule has 1 fully saturated rings. The van der Waals surface area contributed by atoms with Crippen molar-refractivity contribution < 1.29 is 24.2 Å². The van der Waals surface area contributed by atoms with Crippen molar-refractivity contribution in [1.82, 2.24) is 0 Å². The molecule has 1 N–H and O–H groups in total. The maximum absolute atomic E-state index is 13.5. The summed E-state index contributed by atoms with van der Waals surface area (Å²) in [6, 6.07) is 3.91. The van der Waals surface area contributed by atoms with Crippen LogP contribution >= 0.6 is 45.2 Å². The summed E-state index contributed by atoms with van der Waals surface area (Å²) in [6.07, 6.45) is 8.20. The molecule has 7 heteroatoms. The predicted octanol–water partition coefficient (Wildman–Crippen LogP) is 8.52. The molecule has 2 rings (SSSR count). The fourth-order valence-electron chi connectivity index (χ4n) is 5.17. The average Bonchev–Trinajstić information content (AvgIpc) is 3.29. The molecule has 0 aromatic heterocycles. The third kappa shape index (κ3) is 7.96. The molecule has 1 aromatic carbocycles. The molecule has 2 unspecified atom stereocenters. The van der Waals surface area contributed by atoms with Crippen molar-refractivity contribution >= 4 is 57.1 Å². The van der Waals surface area contributed by atoms with Gasteiger partial charge in [0.1, 0.15) is 11.4 Å². The predicted molar refractivity (Wildman–Crippen MR) is 161 cm³/mol. The van der Waals surface area contributed by atoms with E-state index in [1.807, 2.05) is 39.8 Å². The largest absolute Gasteiger partial charge is 0.507 e. The number of carbonyl (C=O) groups is 2. The Morgan fingerprint density at radius 3 is 2.25 bits per heavy atom. The van der Waals surface area contributed by atoms with Gasteiger partial charge in [-0.05, 0) is 147 Å². The number of carbonyl (C=O) groups excluding carboxylic acids is 2. The number of benzene rings is 1. The Hall–Kier alpha value is -0.580. The quantitative estimate of drug-likeness (QED) is 0.125. The Labute approximate surface area is 245 Å². The van der Waals surface area contributed by atoms with Gasteiger partial charge in [0.15, 0.2) is 0 Å². The average molecular weight is 726 g/mol. The van der Waals surface area contributed by atoms with Crippen LogP contribution in [0, 0.1) is 18.0 Å². The molecule has 0 radical (unpaired) electrons. The topological polar surface area (TPSA) is 72.8 Å². The van der Waals surface area contributed by atoms with Crippen molar-refractivity contribution in [3.63, 3.8) is 0 Å².